The van der Waals surface area contributed by atoms with Crippen molar-refractivity contribution in [2.75, 3.05) is 6.54 Å². The molecule has 2 rings (SSSR count). The summed E-state index contributed by atoms with van der Waals surface area (Å²) in [5, 5.41) is 12.1. The van der Waals surface area contributed by atoms with Gasteiger partial charge in [0.05, 0.1) is 5.92 Å². The normalized spacial score (nSPS) is 35.2. The molecule has 1 heterocycles. The van der Waals surface area contributed by atoms with Gasteiger partial charge in [-0.1, -0.05) is 13.3 Å². The van der Waals surface area contributed by atoms with Gasteiger partial charge in [-0.15, -0.1) is 0 Å². The highest BCUT2D eigenvalue weighted by Crippen LogP contribution is 2.27. The van der Waals surface area contributed by atoms with E-state index in [0.717, 1.165) is 32.2 Å². The number of carbonyl (C=O) groups excluding carboxylic acids is 1. The number of aliphatic carboxylic acids is 1. The molecule has 2 N–H and O–H groups in total. The van der Waals surface area contributed by atoms with Gasteiger partial charge in [0.25, 0.3) is 0 Å². The Kier molecular flexibility index (Phi) is 4.32. The van der Waals surface area contributed by atoms with Gasteiger partial charge in [0.1, 0.15) is 0 Å². The number of urea groups is 1. The summed E-state index contributed by atoms with van der Waals surface area (Å²) in [6, 6.07) is -0.0347. The molecule has 1 saturated carbocycles. The average Bonchev–Trinajstić information content (AvgIpc) is 2.80. The number of hydrogen-bond donors (Lipinski definition) is 2. The highest BCUT2D eigenvalue weighted by atomic mass is 16.4. The molecule has 2 fully saturated rings. The third kappa shape index (κ3) is 3.19. The molecule has 108 valence electrons. The average molecular weight is 268 g/mol. The fourth-order valence-corrected chi connectivity index (χ4v) is 3.24. The van der Waals surface area contributed by atoms with E-state index in [0.29, 0.717) is 12.3 Å². The van der Waals surface area contributed by atoms with Crippen LogP contribution >= 0.6 is 0 Å². The Hall–Kier alpha value is -1.26. The maximum Gasteiger partial charge on any atom is 0.317 e. The van der Waals surface area contributed by atoms with Crippen LogP contribution in [0.3, 0.4) is 0 Å². The summed E-state index contributed by atoms with van der Waals surface area (Å²) in [6.07, 6.45) is 4.52. The van der Waals surface area contributed by atoms with E-state index in [1.54, 1.807) is 0 Å². The van der Waals surface area contributed by atoms with Gasteiger partial charge in [-0.25, -0.2) is 4.79 Å². The lowest BCUT2D eigenvalue weighted by atomic mass is 9.95. The Balaban J connectivity index is 1.94. The first kappa shape index (κ1) is 14.2. The highest BCUT2D eigenvalue weighted by molar-refractivity contribution is 5.77. The predicted molar refractivity (Wildman–Crippen MR) is 71.9 cm³/mol. The van der Waals surface area contributed by atoms with Crippen molar-refractivity contribution in [2.24, 2.45) is 11.8 Å². The SMILES string of the molecule is CC1CCC(C)N(C(=O)NC2CCCC2C(=O)O)C1. The van der Waals surface area contributed by atoms with Crippen molar-refractivity contribution < 1.29 is 14.7 Å². The van der Waals surface area contributed by atoms with E-state index in [-0.39, 0.29) is 18.1 Å². The molecule has 0 bridgehead atoms. The highest BCUT2D eigenvalue weighted by Gasteiger charge is 2.36. The molecule has 0 radical (unpaired) electrons. The number of hydrogen-bond acceptors (Lipinski definition) is 2. The number of piperidine rings is 1. The molecule has 1 aliphatic heterocycles. The molecule has 5 nitrogen and oxygen atoms in total. The van der Waals surface area contributed by atoms with E-state index in [1.165, 1.54) is 0 Å². The van der Waals surface area contributed by atoms with Crippen LogP contribution < -0.4 is 5.32 Å². The number of carboxylic acid groups (broad SMARTS) is 1. The first-order chi connectivity index (χ1) is 8.99. The summed E-state index contributed by atoms with van der Waals surface area (Å²) in [5.41, 5.74) is 0. The van der Waals surface area contributed by atoms with Gasteiger partial charge < -0.3 is 15.3 Å². The Morgan fingerprint density at radius 1 is 1.16 bits per heavy atom. The summed E-state index contributed by atoms with van der Waals surface area (Å²) >= 11 is 0. The minimum atomic E-state index is -0.789. The number of rotatable bonds is 2. The number of nitrogens with one attached hydrogen (secondary N) is 1. The van der Waals surface area contributed by atoms with Crippen LogP contribution in [-0.4, -0.2) is 40.6 Å². The predicted octanol–water partition coefficient (Wildman–Crippen LogP) is 2.07. The van der Waals surface area contributed by atoms with Crippen molar-refractivity contribution in [2.45, 2.75) is 58.0 Å². The van der Waals surface area contributed by atoms with Gasteiger partial charge in [-0.3, -0.25) is 4.79 Å². The summed E-state index contributed by atoms with van der Waals surface area (Å²) in [4.78, 5) is 25.3. The van der Waals surface area contributed by atoms with Gasteiger partial charge in [-0.05, 0) is 38.5 Å². The molecule has 2 aliphatic rings. The quantitative estimate of drug-likeness (QED) is 0.805. The van der Waals surface area contributed by atoms with E-state index in [4.69, 9.17) is 5.11 Å². The van der Waals surface area contributed by atoms with Crippen molar-refractivity contribution in [1.82, 2.24) is 10.2 Å². The molecule has 0 spiro atoms. The standard InChI is InChI=1S/C14H24N2O3/c1-9-6-7-10(2)16(8-9)14(19)15-12-5-3-4-11(12)13(17)18/h9-12H,3-8H2,1-2H3,(H,15,19)(H,17,18). The Bertz CT molecular complexity index is 359. The molecule has 2 amide bonds. The lowest BCUT2D eigenvalue weighted by molar-refractivity contribution is -0.142. The molecule has 19 heavy (non-hydrogen) atoms. The molecule has 5 heteroatoms. The number of nitrogens with zero attached hydrogens (tertiary/aromatic N) is 1. The van der Waals surface area contributed by atoms with Gasteiger partial charge in [0.15, 0.2) is 0 Å². The van der Waals surface area contributed by atoms with E-state index < -0.39 is 11.9 Å². The Morgan fingerprint density at radius 2 is 1.89 bits per heavy atom. The lowest BCUT2D eigenvalue weighted by Gasteiger charge is -2.37. The van der Waals surface area contributed by atoms with Crippen molar-refractivity contribution >= 4 is 12.0 Å². The smallest absolute Gasteiger partial charge is 0.317 e. The zero-order chi connectivity index (χ0) is 14.0. The number of likely N-dealkylation sites (tertiary alicyclic amines) is 1. The summed E-state index contributed by atoms with van der Waals surface area (Å²) < 4.78 is 0. The first-order valence-corrected chi connectivity index (χ1v) is 7.29. The van der Waals surface area contributed by atoms with Gasteiger partial charge in [-0.2, -0.15) is 0 Å². The third-order valence-corrected chi connectivity index (χ3v) is 4.52. The van der Waals surface area contributed by atoms with E-state index in [2.05, 4.69) is 19.2 Å². The minimum absolute atomic E-state index is 0.0859. The van der Waals surface area contributed by atoms with Crippen molar-refractivity contribution in [3.63, 3.8) is 0 Å². The molecular weight excluding hydrogens is 244 g/mol. The van der Waals surface area contributed by atoms with E-state index >= 15 is 0 Å². The fourth-order valence-electron chi connectivity index (χ4n) is 3.24. The van der Waals surface area contributed by atoms with Crippen LogP contribution in [0.5, 0.6) is 0 Å². The van der Waals surface area contributed by atoms with Gasteiger partial charge in [0, 0.05) is 18.6 Å². The maximum atomic E-state index is 12.3. The van der Waals surface area contributed by atoms with Crippen LogP contribution in [0.4, 0.5) is 4.79 Å². The zero-order valence-electron chi connectivity index (χ0n) is 11.8. The van der Waals surface area contributed by atoms with Crippen molar-refractivity contribution in [1.29, 1.82) is 0 Å². The third-order valence-electron chi connectivity index (χ3n) is 4.52. The van der Waals surface area contributed by atoms with Crippen molar-refractivity contribution in [3.05, 3.63) is 0 Å². The monoisotopic (exact) mass is 268 g/mol. The Labute approximate surface area is 114 Å². The number of carbonyl (C=O) groups is 2. The van der Waals surface area contributed by atoms with Crippen LogP contribution in [0, 0.1) is 11.8 Å². The van der Waals surface area contributed by atoms with E-state index in [1.807, 2.05) is 4.90 Å². The van der Waals surface area contributed by atoms with E-state index in [9.17, 15) is 9.59 Å². The lowest BCUT2D eigenvalue weighted by Crippen LogP contribution is -2.53. The molecule has 4 unspecified atom stereocenters. The maximum absolute atomic E-state index is 12.3. The Morgan fingerprint density at radius 3 is 2.58 bits per heavy atom. The second kappa shape index (κ2) is 5.80. The number of amides is 2. The molecule has 1 saturated heterocycles. The second-order valence-electron chi connectivity index (χ2n) is 6.12. The first-order valence-electron chi connectivity index (χ1n) is 7.29. The van der Waals surface area contributed by atoms with Gasteiger partial charge >= 0.3 is 12.0 Å². The molecule has 4 atom stereocenters. The van der Waals surface area contributed by atoms with Crippen LogP contribution in [0.1, 0.15) is 46.0 Å². The molecule has 0 aromatic heterocycles. The zero-order valence-corrected chi connectivity index (χ0v) is 11.8. The largest absolute Gasteiger partial charge is 0.481 e. The van der Waals surface area contributed by atoms with Crippen LogP contribution in [0.2, 0.25) is 0 Å². The topological polar surface area (TPSA) is 69.6 Å². The van der Waals surface area contributed by atoms with Crippen LogP contribution in [-0.2, 0) is 4.79 Å². The summed E-state index contributed by atoms with van der Waals surface area (Å²) in [7, 11) is 0. The molecule has 1 aliphatic carbocycles. The fraction of sp³-hybridized carbons (Fsp3) is 0.857. The van der Waals surface area contributed by atoms with Crippen LogP contribution in [0.15, 0.2) is 0 Å². The molecule has 0 aromatic rings. The summed E-state index contributed by atoms with van der Waals surface area (Å²) in [6.45, 7) is 4.99. The number of carboxylic acids is 1. The van der Waals surface area contributed by atoms with Gasteiger partial charge in [0.2, 0.25) is 0 Å². The second-order valence-corrected chi connectivity index (χ2v) is 6.12. The molecule has 0 aromatic carbocycles. The van der Waals surface area contributed by atoms with Crippen molar-refractivity contribution in [3.8, 4) is 0 Å². The molecular formula is C14H24N2O3. The minimum Gasteiger partial charge on any atom is -0.481 e. The summed E-state index contributed by atoms with van der Waals surface area (Å²) in [5.74, 6) is -0.676. The van der Waals surface area contributed by atoms with Crippen LogP contribution in [0.25, 0.3) is 0 Å².